The molecule has 164 valence electrons. The van der Waals surface area contributed by atoms with Crippen LogP contribution in [0.1, 0.15) is 38.5 Å². The van der Waals surface area contributed by atoms with E-state index in [0.717, 1.165) is 26.2 Å². The summed E-state index contributed by atoms with van der Waals surface area (Å²) >= 11 is 0. The second-order valence-corrected chi connectivity index (χ2v) is 8.84. The van der Waals surface area contributed by atoms with Gasteiger partial charge in [-0.2, -0.15) is 0 Å². The number of hydrogen-bond acceptors (Lipinski definition) is 4. The number of hydrogen-bond donors (Lipinski definition) is 0. The van der Waals surface area contributed by atoms with E-state index in [1.54, 1.807) is 0 Å². The molecule has 0 fully saturated rings. The highest BCUT2D eigenvalue weighted by Gasteiger charge is 2.07. The second-order valence-electron chi connectivity index (χ2n) is 8.84. The molecule has 0 saturated carbocycles. The van der Waals surface area contributed by atoms with Gasteiger partial charge in [-0.05, 0) is 87.1 Å². The fourth-order valence-corrected chi connectivity index (χ4v) is 4.19. The van der Waals surface area contributed by atoms with Crippen molar-refractivity contribution in [2.24, 2.45) is 0 Å². The van der Waals surface area contributed by atoms with Crippen LogP contribution in [0.15, 0.2) is 48.5 Å². The van der Waals surface area contributed by atoms with Crippen molar-refractivity contribution in [1.29, 1.82) is 0 Å². The Bertz CT molecular complexity index is 613. The minimum atomic E-state index is 1.11. The number of nitrogens with zero attached hydrogens (tertiary/aromatic N) is 4. The van der Waals surface area contributed by atoms with Gasteiger partial charge in [-0.1, -0.05) is 0 Å². The van der Waals surface area contributed by atoms with Crippen LogP contribution in [-0.4, -0.2) is 54.4 Å². The molecule has 4 aliphatic rings. The summed E-state index contributed by atoms with van der Waals surface area (Å²) in [7, 11) is 8.84. The first-order valence-corrected chi connectivity index (χ1v) is 11.6. The standard InChI is InChI=1S/C26H40N4/c1-27-19-7-5-8-20-29(3)25-15-17-26(18-16-25)30(4)22-10-6-9-21-28(2)24-13-11-23(27)12-14-24/h11-18H,5-10,19-22H2,1-4H3. The molecule has 4 aliphatic heterocycles. The van der Waals surface area contributed by atoms with Crippen LogP contribution >= 0.6 is 0 Å². The fraction of sp³-hybridized carbons (Fsp3) is 0.538. The van der Waals surface area contributed by atoms with E-state index in [9.17, 15) is 0 Å². The maximum absolute atomic E-state index is 2.38. The molecule has 2 aromatic rings. The minimum absolute atomic E-state index is 1.11. The lowest BCUT2D eigenvalue weighted by Crippen LogP contribution is -2.22. The van der Waals surface area contributed by atoms with E-state index in [4.69, 9.17) is 0 Å². The third-order valence-electron chi connectivity index (χ3n) is 6.44. The zero-order valence-electron chi connectivity index (χ0n) is 19.5. The Labute approximate surface area is 184 Å². The normalized spacial score (nSPS) is 17.7. The molecule has 0 spiro atoms. The van der Waals surface area contributed by atoms with Gasteiger partial charge in [0.15, 0.2) is 0 Å². The molecule has 0 amide bonds. The van der Waals surface area contributed by atoms with Crippen LogP contribution in [0.2, 0.25) is 0 Å². The fourth-order valence-electron chi connectivity index (χ4n) is 4.19. The first-order chi connectivity index (χ1) is 14.5. The Morgan fingerprint density at radius 3 is 0.767 bits per heavy atom. The Morgan fingerprint density at radius 1 is 0.367 bits per heavy atom. The maximum Gasteiger partial charge on any atom is 0.0365 e. The topological polar surface area (TPSA) is 13.0 Å². The van der Waals surface area contributed by atoms with Crippen molar-refractivity contribution in [2.75, 3.05) is 74.0 Å². The third kappa shape index (κ3) is 6.32. The van der Waals surface area contributed by atoms with E-state index < -0.39 is 0 Å². The van der Waals surface area contributed by atoms with E-state index in [-0.39, 0.29) is 0 Å². The maximum atomic E-state index is 2.38. The summed E-state index contributed by atoms with van der Waals surface area (Å²) in [5.41, 5.74) is 5.26. The van der Waals surface area contributed by atoms with Crippen molar-refractivity contribution < 1.29 is 0 Å². The molecule has 0 aromatic heterocycles. The summed E-state index contributed by atoms with van der Waals surface area (Å²) in [6.07, 6.45) is 7.45. The number of benzene rings is 2. The van der Waals surface area contributed by atoms with Crippen LogP contribution in [0.5, 0.6) is 0 Å². The van der Waals surface area contributed by atoms with Crippen LogP contribution in [0.25, 0.3) is 0 Å². The van der Waals surface area contributed by atoms with E-state index in [1.165, 1.54) is 61.3 Å². The van der Waals surface area contributed by atoms with Crippen molar-refractivity contribution in [3.05, 3.63) is 48.5 Å². The van der Waals surface area contributed by atoms with Gasteiger partial charge in [-0.15, -0.1) is 0 Å². The SMILES string of the molecule is CN1CCCCCN(C)c2ccc(cc2)N(C)CCCCCN(C)c2ccc1cc2. The zero-order chi connectivity index (χ0) is 21.3. The molecule has 0 atom stereocenters. The number of rotatable bonds is 0. The highest BCUT2D eigenvalue weighted by molar-refractivity contribution is 5.56. The van der Waals surface area contributed by atoms with Gasteiger partial charge < -0.3 is 19.6 Å². The van der Waals surface area contributed by atoms with Gasteiger partial charge in [0.25, 0.3) is 0 Å². The van der Waals surface area contributed by atoms with Crippen LogP contribution in [0, 0.1) is 0 Å². The largest absolute Gasteiger partial charge is 0.375 e. The third-order valence-corrected chi connectivity index (χ3v) is 6.44. The summed E-state index contributed by atoms with van der Waals surface area (Å²) in [5, 5.41) is 0. The summed E-state index contributed by atoms with van der Waals surface area (Å²) in [6.45, 7) is 4.44. The van der Waals surface area contributed by atoms with Gasteiger partial charge >= 0.3 is 0 Å². The van der Waals surface area contributed by atoms with Crippen molar-refractivity contribution >= 4 is 22.7 Å². The monoisotopic (exact) mass is 408 g/mol. The van der Waals surface area contributed by atoms with E-state index >= 15 is 0 Å². The highest BCUT2D eigenvalue weighted by atomic mass is 15.1. The lowest BCUT2D eigenvalue weighted by molar-refractivity contribution is 0.663. The quantitative estimate of drug-likeness (QED) is 0.572. The van der Waals surface area contributed by atoms with Gasteiger partial charge in [-0.25, -0.2) is 0 Å². The molecule has 30 heavy (non-hydrogen) atoms. The molecule has 4 heteroatoms. The summed E-state index contributed by atoms with van der Waals surface area (Å²) < 4.78 is 0. The summed E-state index contributed by atoms with van der Waals surface area (Å²) in [5.74, 6) is 0. The van der Waals surface area contributed by atoms with E-state index in [1.807, 2.05) is 0 Å². The molecule has 0 radical (unpaired) electrons. The number of anilines is 4. The molecule has 4 heterocycles. The van der Waals surface area contributed by atoms with Crippen molar-refractivity contribution in [3.8, 4) is 0 Å². The van der Waals surface area contributed by atoms with E-state index in [0.29, 0.717) is 0 Å². The average Bonchev–Trinajstić information content (AvgIpc) is 2.77. The van der Waals surface area contributed by atoms with Gasteiger partial charge in [0.05, 0.1) is 0 Å². The van der Waals surface area contributed by atoms with Crippen molar-refractivity contribution in [2.45, 2.75) is 38.5 Å². The van der Waals surface area contributed by atoms with Crippen LogP contribution in [0.3, 0.4) is 0 Å². The van der Waals surface area contributed by atoms with Crippen molar-refractivity contribution in [3.63, 3.8) is 0 Å². The molecule has 4 nitrogen and oxygen atoms in total. The predicted molar refractivity (Wildman–Crippen MR) is 134 cm³/mol. The molecular weight excluding hydrogens is 368 g/mol. The second kappa shape index (κ2) is 11.1. The van der Waals surface area contributed by atoms with E-state index in [2.05, 4.69) is 96.3 Å². The van der Waals surface area contributed by atoms with Gasteiger partial charge in [0, 0.05) is 77.1 Å². The lowest BCUT2D eigenvalue weighted by Gasteiger charge is -2.24. The first-order valence-electron chi connectivity index (χ1n) is 11.6. The smallest absolute Gasteiger partial charge is 0.0365 e. The Hall–Kier alpha value is -2.36. The van der Waals surface area contributed by atoms with Crippen LogP contribution < -0.4 is 19.6 Å². The molecule has 0 aliphatic carbocycles. The van der Waals surface area contributed by atoms with Gasteiger partial charge in [0.2, 0.25) is 0 Å². The zero-order valence-corrected chi connectivity index (χ0v) is 19.5. The average molecular weight is 409 g/mol. The molecule has 2 aromatic carbocycles. The first kappa shape index (κ1) is 22.3. The highest BCUT2D eigenvalue weighted by Crippen LogP contribution is 2.22. The Kier molecular flexibility index (Phi) is 8.30. The Balaban J connectivity index is 1.64. The predicted octanol–water partition coefficient (Wildman–Crippen LogP) is 5.49. The summed E-state index contributed by atoms with van der Waals surface area (Å²) in [4.78, 5) is 9.53. The minimum Gasteiger partial charge on any atom is -0.375 e. The van der Waals surface area contributed by atoms with Crippen molar-refractivity contribution in [1.82, 2.24) is 0 Å². The lowest BCUT2D eigenvalue weighted by atomic mass is 10.1. The molecule has 4 bridgehead atoms. The summed E-state index contributed by atoms with van der Waals surface area (Å²) in [6, 6.07) is 18.1. The molecule has 6 rings (SSSR count). The molecule has 0 saturated heterocycles. The van der Waals surface area contributed by atoms with Gasteiger partial charge in [0.1, 0.15) is 0 Å². The molecule has 0 unspecified atom stereocenters. The molecule has 0 N–H and O–H groups in total. The van der Waals surface area contributed by atoms with Crippen LogP contribution in [0.4, 0.5) is 22.7 Å². The molecular formula is C26H40N4. The van der Waals surface area contributed by atoms with Crippen LogP contribution in [-0.2, 0) is 0 Å². The Morgan fingerprint density at radius 2 is 0.567 bits per heavy atom. The van der Waals surface area contributed by atoms with Gasteiger partial charge in [-0.3, -0.25) is 0 Å².